The molecule has 1 unspecified atom stereocenters. The van der Waals surface area contributed by atoms with Gasteiger partial charge in [0, 0.05) is 6.20 Å². The molecule has 1 heterocycles. The van der Waals surface area contributed by atoms with Crippen LogP contribution in [0.1, 0.15) is 12.5 Å². The number of carbonyl (C=O) groups excluding carboxylic acids is 1. The molecule has 0 radical (unpaired) electrons. The van der Waals surface area contributed by atoms with Crippen molar-refractivity contribution in [2.24, 2.45) is 0 Å². The molecule has 1 aromatic heterocycles. The molecule has 0 aliphatic rings. The van der Waals surface area contributed by atoms with Gasteiger partial charge in [0.15, 0.2) is 6.10 Å². The van der Waals surface area contributed by atoms with Crippen molar-refractivity contribution in [3.8, 4) is 17.7 Å². The van der Waals surface area contributed by atoms with Crippen LogP contribution in [0.4, 0.5) is 5.69 Å². The summed E-state index contributed by atoms with van der Waals surface area (Å²) in [4.78, 5) is 16.2. The van der Waals surface area contributed by atoms with E-state index in [1.54, 1.807) is 49.5 Å². The number of hydrogen-bond acceptors (Lipinski definition) is 5. The van der Waals surface area contributed by atoms with Gasteiger partial charge in [-0.05, 0) is 31.2 Å². The van der Waals surface area contributed by atoms with Crippen molar-refractivity contribution in [1.82, 2.24) is 4.98 Å². The average Bonchev–Trinajstić information content (AvgIpc) is 2.55. The fourth-order valence-electron chi connectivity index (χ4n) is 1.79. The Kier molecular flexibility index (Phi) is 4.94. The van der Waals surface area contributed by atoms with Gasteiger partial charge in [-0.2, -0.15) is 5.26 Å². The number of para-hydroxylation sites is 1. The predicted octanol–water partition coefficient (Wildman–Crippen LogP) is 2.37. The molecule has 6 heteroatoms. The van der Waals surface area contributed by atoms with Crippen LogP contribution in [-0.4, -0.2) is 24.1 Å². The Labute approximate surface area is 128 Å². The monoisotopic (exact) mass is 297 g/mol. The van der Waals surface area contributed by atoms with E-state index in [0.29, 0.717) is 22.9 Å². The van der Waals surface area contributed by atoms with Crippen LogP contribution in [0.25, 0.3) is 0 Å². The summed E-state index contributed by atoms with van der Waals surface area (Å²) in [6.07, 6.45) is 0.789. The van der Waals surface area contributed by atoms with Gasteiger partial charge in [-0.1, -0.05) is 12.1 Å². The number of nitrogens with one attached hydrogen (secondary N) is 1. The van der Waals surface area contributed by atoms with Crippen LogP contribution in [0.2, 0.25) is 0 Å². The van der Waals surface area contributed by atoms with Gasteiger partial charge in [-0.15, -0.1) is 0 Å². The number of aromatic nitrogens is 1. The lowest BCUT2D eigenvalue weighted by Gasteiger charge is -2.16. The first-order valence-electron chi connectivity index (χ1n) is 6.61. The van der Waals surface area contributed by atoms with E-state index in [4.69, 9.17) is 14.7 Å². The lowest BCUT2D eigenvalue weighted by Crippen LogP contribution is -2.30. The number of pyridine rings is 1. The third kappa shape index (κ3) is 3.52. The highest BCUT2D eigenvalue weighted by molar-refractivity contribution is 5.95. The van der Waals surface area contributed by atoms with E-state index >= 15 is 0 Å². The molecule has 2 rings (SSSR count). The van der Waals surface area contributed by atoms with Gasteiger partial charge < -0.3 is 14.8 Å². The maximum absolute atomic E-state index is 12.2. The Hall–Kier alpha value is -3.07. The number of nitriles is 1. The van der Waals surface area contributed by atoms with Crippen LogP contribution in [-0.2, 0) is 4.79 Å². The summed E-state index contributed by atoms with van der Waals surface area (Å²) >= 11 is 0. The number of rotatable bonds is 5. The molecule has 0 saturated carbocycles. The average molecular weight is 297 g/mol. The Morgan fingerprint density at radius 3 is 2.82 bits per heavy atom. The lowest BCUT2D eigenvalue weighted by atomic mass is 10.2. The molecule has 2 aromatic rings. The minimum absolute atomic E-state index is 0.320. The molecule has 0 bridgehead atoms. The summed E-state index contributed by atoms with van der Waals surface area (Å²) in [7, 11) is 1.47. The van der Waals surface area contributed by atoms with Crippen LogP contribution in [0.15, 0.2) is 42.6 Å². The molecule has 1 N–H and O–H groups in total. The minimum atomic E-state index is -0.778. The number of anilines is 1. The highest BCUT2D eigenvalue weighted by Crippen LogP contribution is 2.21. The van der Waals surface area contributed by atoms with Gasteiger partial charge in [-0.3, -0.25) is 4.79 Å². The van der Waals surface area contributed by atoms with Crippen molar-refractivity contribution in [2.75, 3.05) is 12.4 Å². The molecule has 22 heavy (non-hydrogen) atoms. The van der Waals surface area contributed by atoms with E-state index in [1.807, 2.05) is 6.07 Å². The molecule has 0 aliphatic heterocycles. The second-order valence-electron chi connectivity index (χ2n) is 4.42. The summed E-state index contributed by atoms with van der Waals surface area (Å²) in [6, 6.07) is 12.1. The van der Waals surface area contributed by atoms with Gasteiger partial charge in [0.1, 0.15) is 17.5 Å². The van der Waals surface area contributed by atoms with E-state index in [9.17, 15) is 4.79 Å². The molecular formula is C16H15N3O3. The largest absolute Gasteiger partial charge is 0.480 e. The summed E-state index contributed by atoms with van der Waals surface area (Å²) in [6.45, 7) is 1.60. The lowest BCUT2D eigenvalue weighted by molar-refractivity contribution is -0.122. The second-order valence-corrected chi connectivity index (χ2v) is 4.42. The standard InChI is InChI=1S/C16H15N3O3/c1-11(22-14-8-4-3-6-12(14)10-17)15(20)19-13-7-5-9-18-16(13)21-2/h3-9,11H,1-2H3,(H,19,20). The molecule has 1 amide bonds. The van der Waals surface area contributed by atoms with Gasteiger partial charge in [-0.25, -0.2) is 4.98 Å². The third-order valence-electron chi connectivity index (χ3n) is 2.90. The van der Waals surface area contributed by atoms with Crippen LogP contribution in [0, 0.1) is 11.3 Å². The first-order chi connectivity index (χ1) is 10.7. The Morgan fingerprint density at radius 2 is 2.09 bits per heavy atom. The fourth-order valence-corrected chi connectivity index (χ4v) is 1.79. The highest BCUT2D eigenvalue weighted by atomic mass is 16.5. The third-order valence-corrected chi connectivity index (χ3v) is 2.90. The SMILES string of the molecule is COc1ncccc1NC(=O)C(C)Oc1ccccc1C#N. The quantitative estimate of drug-likeness (QED) is 0.915. The Balaban J connectivity index is 2.08. The summed E-state index contributed by atoms with van der Waals surface area (Å²) < 4.78 is 10.6. The van der Waals surface area contributed by atoms with E-state index in [0.717, 1.165) is 0 Å². The summed E-state index contributed by atoms with van der Waals surface area (Å²) in [5.41, 5.74) is 0.833. The highest BCUT2D eigenvalue weighted by Gasteiger charge is 2.18. The number of ether oxygens (including phenoxy) is 2. The molecule has 0 saturated heterocycles. The zero-order chi connectivity index (χ0) is 15.9. The van der Waals surface area contributed by atoms with Crippen molar-refractivity contribution < 1.29 is 14.3 Å². The smallest absolute Gasteiger partial charge is 0.265 e. The molecule has 112 valence electrons. The number of methoxy groups -OCH3 is 1. The van der Waals surface area contributed by atoms with E-state index in [-0.39, 0.29) is 5.91 Å². The van der Waals surface area contributed by atoms with E-state index in [2.05, 4.69) is 10.3 Å². The molecule has 6 nitrogen and oxygen atoms in total. The first kappa shape index (κ1) is 15.3. The fraction of sp³-hybridized carbons (Fsp3) is 0.188. The van der Waals surface area contributed by atoms with Crippen LogP contribution >= 0.6 is 0 Å². The topological polar surface area (TPSA) is 84.2 Å². The zero-order valence-corrected chi connectivity index (χ0v) is 12.2. The summed E-state index contributed by atoms with van der Waals surface area (Å²) in [5, 5.41) is 11.7. The number of amides is 1. The van der Waals surface area contributed by atoms with Gasteiger partial charge in [0.25, 0.3) is 5.91 Å². The van der Waals surface area contributed by atoms with E-state index in [1.165, 1.54) is 7.11 Å². The minimum Gasteiger partial charge on any atom is -0.480 e. The maximum Gasteiger partial charge on any atom is 0.265 e. The predicted molar refractivity (Wildman–Crippen MR) is 80.7 cm³/mol. The van der Waals surface area contributed by atoms with Crippen LogP contribution < -0.4 is 14.8 Å². The van der Waals surface area contributed by atoms with Crippen molar-refractivity contribution in [3.05, 3.63) is 48.2 Å². The van der Waals surface area contributed by atoms with Crippen molar-refractivity contribution in [1.29, 1.82) is 5.26 Å². The number of hydrogen-bond donors (Lipinski definition) is 1. The number of benzene rings is 1. The second kappa shape index (κ2) is 7.09. The molecule has 0 spiro atoms. The molecule has 1 aromatic carbocycles. The van der Waals surface area contributed by atoms with Crippen molar-refractivity contribution >= 4 is 11.6 Å². The first-order valence-corrected chi connectivity index (χ1v) is 6.61. The normalized spacial score (nSPS) is 11.1. The number of carbonyl (C=O) groups is 1. The van der Waals surface area contributed by atoms with Gasteiger partial charge in [0.2, 0.25) is 5.88 Å². The van der Waals surface area contributed by atoms with Crippen LogP contribution in [0.3, 0.4) is 0 Å². The maximum atomic E-state index is 12.2. The Morgan fingerprint density at radius 1 is 1.32 bits per heavy atom. The van der Waals surface area contributed by atoms with Crippen molar-refractivity contribution in [2.45, 2.75) is 13.0 Å². The molecule has 0 fully saturated rings. The molecule has 0 aliphatic carbocycles. The van der Waals surface area contributed by atoms with Gasteiger partial charge >= 0.3 is 0 Å². The molecular weight excluding hydrogens is 282 g/mol. The zero-order valence-electron chi connectivity index (χ0n) is 12.2. The van der Waals surface area contributed by atoms with E-state index < -0.39 is 6.10 Å². The van der Waals surface area contributed by atoms with Crippen molar-refractivity contribution in [3.63, 3.8) is 0 Å². The number of nitrogens with zero attached hydrogens (tertiary/aromatic N) is 2. The summed E-state index contributed by atoms with van der Waals surface area (Å²) in [5.74, 6) is 0.324. The van der Waals surface area contributed by atoms with Gasteiger partial charge in [0.05, 0.1) is 12.7 Å². The molecule has 1 atom stereocenters. The Bertz CT molecular complexity index is 710. The van der Waals surface area contributed by atoms with Crippen LogP contribution in [0.5, 0.6) is 11.6 Å².